The number of nitrogens with one attached hydrogen (secondary N) is 2. The summed E-state index contributed by atoms with van der Waals surface area (Å²) in [7, 11) is -2.25. The van der Waals surface area contributed by atoms with Crippen LogP contribution in [0.4, 0.5) is 10.1 Å². The van der Waals surface area contributed by atoms with Crippen molar-refractivity contribution in [3.8, 4) is 5.75 Å². The fraction of sp³-hybridized carbons (Fsp3) is 0.211. The molecular weight excluding hydrogens is 371 g/mol. The van der Waals surface area contributed by atoms with Gasteiger partial charge in [0.05, 0.1) is 17.7 Å². The number of ether oxygens (including phenoxy) is 1. The molecule has 142 valence electrons. The molecular formula is C19H19FN2O4S. The molecule has 27 heavy (non-hydrogen) atoms. The SMILES string of the molecule is COc1ccc(S(=O)(=O)NC2CC2)cc1NC(=O)/C=C/c1ccccc1F. The summed E-state index contributed by atoms with van der Waals surface area (Å²) in [5, 5.41) is 2.57. The van der Waals surface area contributed by atoms with E-state index in [2.05, 4.69) is 10.0 Å². The number of sulfonamides is 1. The molecule has 0 saturated heterocycles. The van der Waals surface area contributed by atoms with Gasteiger partial charge in [-0.2, -0.15) is 0 Å². The second-order valence-corrected chi connectivity index (χ2v) is 7.82. The van der Waals surface area contributed by atoms with Crippen LogP contribution in [0.1, 0.15) is 18.4 Å². The van der Waals surface area contributed by atoms with Crippen LogP contribution in [0.3, 0.4) is 0 Å². The third kappa shape index (κ3) is 4.93. The van der Waals surface area contributed by atoms with Crippen LogP contribution in [-0.4, -0.2) is 27.5 Å². The zero-order valence-corrected chi connectivity index (χ0v) is 15.4. The minimum atomic E-state index is -3.67. The Morgan fingerprint density at radius 2 is 1.96 bits per heavy atom. The molecule has 1 aliphatic carbocycles. The largest absolute Gasteiger partial charge is 0.495 e. The number of methoxy groups -OCH3 is 1. The van der Waals surface area contributed by atoms with Crippen molar-refractivity contribution < 1.29 is 22.3 Å². The third-order valence-electron chi connectivity index (χ3n) is 3.96. The fourth-order valence-electron chi connectivity index (χ4n) is 2.39. The summed E-state index contributed by atoms with van der Waals surface area (Å²) in [6, 6.07) is 10.2. The number of halogens is 1. The fourth-order valence-corrected chi connectivity index (χ4v) is 3.72. The molecule has 0 spiro atoms. The van der Waals surface area contributed by atoms with Crippen LogP contribution >= 0.6 is 0 Å². The maximum absolute atomic E-state index is 13.6. The van der Waals surface area contributed by atoms with Crippen molar-refractivity contribution >= 4 is 27.7 Å². The van der Waals surface area contributed by atoms with Gasteiger partial charge in [0.15, 0.2) is 0 Å². The van der Waals surface area contributed by atoms with E-state index in [0.29, 0.717) is 5.75 Å². The molecule has 8 heteroatoms. The zero-order valence-electron chi connectivity index (χ0n) is 14.6. The lowest BCUT2D eigenvalue weighted by Gasteiger charge is -2.12. The summed E-state index contributed by atoms with van der Waals surface area (Å²) >= 11 is 0. The highest BCUT2D eigenvalue weighted by atomic mass is 32.2. The van der Waals surface area contributed by atoms with Crippen molar-refractivity contribution in [2.75, 3.05) is 12.4 Å². The van der Waals surface area contributed by atoms with E-state index < -0.39 is 21.7 Å². The summed E-state index contributed by atoms with van der Waals surface area (Å²) in [5.41, 5.74) is 0.476. The molecule has 2 aromatic carbocycles. The van der Waals surface area contributed by atoms with Crippen LogP contribution in [0.5, 0.6) is 5.75 Å². The van der Waals surface area contributed by atoms with Gasteiger partial charge in [-0.15, -0.1) is 0 Å². The molecule has 0 atom stereocenters. The lowest BCUT2D eigenvalue weighted by Crippen LogP contribution is -2.25. The monoisotopic (exact) mass is 390 g/mol. The van der Waals surface area contributed by atoms with Crippen LogP contribution in [0.25, 0.3) is 6.08 Å². The molecule has 0 radical (unpaired) electrons. The molecule has 1 aliphatic rings. The summed E-state index contributed by atoms with van der Waals surface area (Å²) in [6.07, 6.45) is 4.15. The first-order valence-electron chi connectivity index (χ1n) is 8.33. The van der Waals surface area contributed by atoms with Crippen LogP contribution in [-0.2, 0) is 14.8 Å². The van der Waals surface area contributed by atoms with E-state index in [-0.39, 0.29) is 22.2 Å². The quantitative estimate of drug-likeness (QED) is 0.712. The van der Waals surface area contributed by atoms with Crippen molar-refractivity contribution in [3.63, 3.8) is 0 Å². The van der Waals surface area contributed by atoms with Gasteiger partial charge in [0.2, 0.25) is 15.9 Å². The maximum Gasteiger partial charge on any atom is 0.248 e. The normalized spacial score (nSPS) is 14.3. The van der Waals surface area contributed by atoms with Gasteiger partial charge in [-0.3, -0.25) is 4.79 Å². The third-order valence-corrected chi connectivity index (χ3v) is 5.48. The van der Waals surface area contributed by atoms with Gasteiger partial charge < -0.3 is 10.1 Å². The highest BCUT2D eigenvalue weighted by Crippen LogP contribution is 2.29. The van der Waals surface area contributed by atoms with Gasteiger partial charge in [0.1, 0.15) is 11.6 Å². The second kappa shape index (κ2) is 7.89. The summed E-state index contributed by atoms with van der Waals surface area (Å²) < 4.78 is 46.1. The van der Waals surface area contributed by atoms with Crippen molar-refractivity contribution in [3.05, 3.63) is 59.9 Å². The first-order valence-corrected chi connectivity index (χ1v) is 9.81. The summed E-state index contributed by atoms with van der Waals surface area (Å²) in [5.74, 6) is -0.673. The van der Waals surface area contributed by atoms with Crippen LogP contribution in [0, 0.1) is 5.82 Å². The highest BCUT2D eigenvalue weighted by Gasteiger charge is 2.28. The van der Waals surface area contributed by atoms with Gasteiger partial charge in [0.25, 0.3) is 0 Å². The van der Waals surface area contributed by atoms with Crippen molar-refractivity contribution in [2.24, 2.45) is 0 Å². The van der Waals surface area contributed by atoms with Gasteiger partial charge in [-0.1, -0.05) is 18.2 Å². The van der Waals surface area contributed by atoms with E-state index >= 15 is 0 Å². The van der Waals surface area contributed by atoms with E-state index in [1.165, 1.54) is 49.6 Å². The van der Waals surface area contributed by atoms with Crippen LogP contribution < -0.4 is 14.8 Å². The average Bonchev–Trinajstić information content (AvgIpc) is 3.44. The summed E-state index contributed by atoms with van der Waals surface area (Å²) in [6.45, 7) is 0. The Bertz CT molecular complexity index is 985. The Kier molecular flexibility index (Phi) is 5.57. The first kappa shape index (κ1) is 19.1. The van der Waals surface area contributed by atoms with Crippen molar-refractivity contribution in [2.45, 2.75) is 23.8 Å². The molecule has 1 fully saturated rings. The topological polar surface area (TPSA) is 84.5 Å². The molecule has 0 unspecified atom stereocenters. The Morgan fingerprint density at radius 1 is 1.22 bits per heavy atom. The number of anilines is 1. The Balaban J connectivity index is 1.79. The molecule has 1 saturated carbocycles. The number of carbonyl (C=O) groups is 1. The Labute approximate surface area is 157 Å². The van der Waals surface area contributed by atoms with E-state index in [1.807, 2.05) is 0 Å². The van der Waals surface area contributed by atoms with E-state index in [1.54, 1.807) is 12.1 Å². The van der Waals surface area contributed by atoms with Crippen LogP contribution in [0.15, 0.2) is 53.4 Å². The molecule has 0 aliphatic heterocycles. The molecule has 0 bridgehead atoms. The van der Waals surface area contributed by atoms with E-state index in [4.69, 9.17) is 4.74 Å². The zero-order chi connectivity index (χ0) is 19.4. The number of benzene rings is 2. The molecule has 1 amide bonds. The Morgan fingerprint density at radius 3 is 2.63 bits per heavy atom. The van der Waals surface area contributed by atoms with Crippen molar-refractivity contribution in [1.29, 1.82) is 0 Å². The molecule has 2 aromatic rings. The summed E-state index contributed by atoms with van der Waals surface area (Å²) in [4.78, 5) is 12.2. The molecule has 0 heterocycles. The van der Waals surface area contributed by atoms with Crippen molar-refractivity contribution in [1.82, 2.24) is 4.72 Å². The minimum absolute atomic E-state index is 0.0288. The van der Waals surface area contributed by atoms with Gasteiger partial charge in [-0.25, -0.2) is 17.5 Å². The highest BCUT2D eigenvalue weighted by molar-refractivity contribution is 7.89. The number of carbonyl (C=O) groups excluding carboxylic acids is 1. The van der Waals surface area contributed by atoms with Gasteiger partial charge in [-0.05, 0) is 43.2 Å². The standard InChI is InChI=1S/C19H19FN2O4S/c1-26-18-10-9-15(27(24,25)22-14-7-8-14)12-17(18)21-19(23)11-6-13-4-2-3-5-16(13)20/h2-6,9-12,14,22H,7-8H2,1H3,(H,21,23)/b11-6+. The molecule has 0 aromatic heterocycles. The smallest absolute Gasteiger partial charge is 0.248 e. The van der Waals surface area contributed by atoms with Crippen LogP contribution in [0.2, 0.25) is 0 Å². The number of hydrogen-bond donors (Lipinski definition) is 2. The minimum Gasteiger partial charge on any atom is -0.495 e. The van der Waals surface area contributed by atoms with E-state index in [9.17, 15) is 17.6 Å². The average molecular weight is 390 g/mol. The van der Waals surface area contributed by atoms with Gasteiger partial charge >= 0.3 is 0 Å². The van der Waals surface area contributed by atoms with Gasteiger partial charge in [0, 0.05) is 17.7 Å². The Hall–Kier alpha value is -2.71. The molecule has 6 nitrogen and oxygen atoms in total. The lowest BCUT2D eigenvalue weighted by molar-refractivity contribution is -0.111. The predicted octanol–water partition coefficient (Wildman–Crippen LogP) is 2.93. The lowest BCUT2D eigenvalue weighted by atomic mass is 10.2. The number of hydrogen-bond acceptors (Lipinski definition) is 4. The molecule has 3 rings (SSSR count). The maximum atomic E-state index is 13.6. The second-order valence-electron chi connectivity index (χ2n) is 6.10. The van der Waals surface area contributed by atoms with E-state index in [0.717, 1.165) is 12.8 Å². The predicted molar refractivity (Wildman–Crippen MR) is 100 cm³/mol. The number of rotatable bonds is 7. The number of amides is 1. The molecule has 2 N–H and O–H groups in total. The first-order chi connectivity index (χ1) is 12.9.